The number of hydrogen-bond donors (Lipinski definition) is 9. The highest BCUT2D eigenvalue weighted by Gasteiger charge is 2.32. The Bertz CT molecular complexity index is 1850. The van der Waals surface area contributed by atoms with Gasteiger partial charge < -0.3 is 48.9 Å². The van der Waals surface area contributed by atoms with Crippen molar-refractivity contribution in [2.24, 2.45) is 17.4 Å². The average molecular weight is 953 g/mol. The second-order valence-corrected chi connectivity index (χ2v) is 18.3. The molecule has 18 heteroatoms. The molecule has 7 amide bonds. The number of benzene rings is 2. The highest BCUT2D eigenvalue weighted by molar-refractivity contribution is 7.98. The first kappa shape index (κ1) is 57.5. The van der Waals surface area contributed by atoms with Crippen LogP contribution < -0.4 is 43.8 Å². The predicted octanol–water partition coefficient (Wildman–Crippen LogP) is 4.18. The summed E-state index contributed by atoms with van der Waals surface area (Å²) in [5.41, 5.74) is 18.8. The van der Waals surface area contributed by atoms with E-state index in [1.54, 1.807) is 66.4 Å². The molecule has 2 rings (SSSR count). The van der Waals surface area contributed by atoms with E-state index >= 15 is 0 Å². The second-order valence-electron chi connectivity index (χ2n) is 17.3. The summed E-state index contributed by atoms with van der Waals surface area (Å²) in [4.78, 5) is 101. The lowest BCUT2D eigenvalue weighted by Gasteiger charge is -2.28. The van der Waals surface area contributed by atoms with E-state index in [1.165, 1.54) is 0 Å². The number of carboxylic acids is 1. The van der Waals surface area contributed by atoms with E-state index in [1.807, 2.05) is 20.1 Å². The number of nitrogens with two attached hydrogens (primary N) is 3. The molecule has 0 aliphatic rings. The number of carbonyl (C=O) groups is 8. The lowest BCUT2D eigenvalue weighted by molar-refractivity contribution is -0.142. The van der Waals surface area contributed by atoms with E-state index < -0.39 is 78.0 Å². The molecule has 2 aromatic carbocycles. The van der Waals surface area contributed by atoms with Gasteiger partial charge in [0.2, 0.25) is 41.4 Å². The highest BCUT2D eigenvalue weighted by atomic mass is 32.2. The van der Waals surface area contributed by atoms with E-state index in [4.69, 9.17) is 17.2 Å². The molecule has 372 valence electrons. The van der Waals surface area contributed by atoms with Crippen LogP contribution in [-0.2, 0) is 51.2 Å². The third-order valence-corrected chi connectivity index (χ3v) is 12.3. The molecule has 0 heterocycles. The predicted molar refractivity (Wildman–Crippen MR) is 262 cm³/mol. The topological polar surface area (TPSA) is 295 Å². The van der Waals surface area contributed by atoms with E-state index in [0.717, 1.165) is 69.8 Å². The van der Waals surface area contributed by atoms with Crippen molar-refractivity contribution in [2.45, 2.75) is 166 Å². The zero-order chi connectivity index (χ0) is 49.6. The number of unbranched alkanes of at least 4 members (excludes halogenated alkanes) is 11. The standard InChI is InChI=1S/C49H76N8O9S/c1-4-33(2)44(48(64)55-38(45(52)61)30-35-24-26-36(50)27-25-35)57-46(62)37(28-29-67-3)53-42(59)22-18-13-11-9-7-5-6-8-10-12-14-19-23-43(60)54-39(32-41(51)58)47(63)56-40(49(65)66)31-34-20-16-15-17-21-34/h15-17,20-21,24-27,33,37-40,44H,4-14,18-19,22-23,28-32,50H2,1-3H3,(H2,51,58)(H2,52,61)(H,53,59)(H,54,60)(H,55,64)(H,56,63)(H,57,62)(H,65,66)/t33-,37-,38-,39-,40-,44-/m0/s1. The molecular formula is C49H76N8O9S. The Balaban J connectivity index is 1.65. The molecule has 0 fully saturated rings. The van der Waals surface area contributed by atoms with Gasteiger partial charge in [-0.15, -0.1) is 0 Å². The minimum Gasteiger partial charge on any atom is -0.480 e. The smallest absolute Gasteiger partial charge is 0.326 e. The molecule has 0 unspecified atom stereocenters. The fourth-order valence-corrected chi connectivity index (χ4v) is 7.91. The highest BCUT2D eigenvalue weighted by Crippen LogP contribution is 2.15. The van der Waals surface area contributed by atoms with Gasteiger partial charge in [-0.1, -0.05) is 127 Å². The number of carboxylic acid groups (broad SMARTS) is 1. The Morgan fingerprint density at radius 1 is 0.582 bits per heavy atom. The Morgan fingerprint density at radius 3 is 1.52 bits per heavy atom. The summed E-state index contributed by atoms with van der Waals surface area (Å²) in [7, 11) is 0. The number of rotatable bonds is 36. The van der Waals surface area contributed by atoms with Crippen LogP contribution in [0.15, 0.2) is 54.6 Å². The van der Waals surface area contributed by atoms with Gasteiger partial charge in [0.25, 0.3) is 0 Å². The lowest BCUT2D eigenvalue weighted by Crippen LogP contribution is -2.58. The number of amides is 7. The third-order valence-electron chi connectivity index (χ3n) is 11.6. The summed E-state index contributed by atoms with van der Waals surface area (Å²) in [5, 5.41) is 23.1. The van der Waals surface area contributed by atoms with Crippen LogP contribution in [0.5, 0.6) is 0 Å². The van der Waals surface area contributed by atoms with Crippen molar-refractivity contribution < 1.29 is 43.5 Å². The van der Waals surface area contributed by atoms with Crippen molar-refractivity contribution in [3.63, 3.8) is 0 Å². The second kappa shape index (κ2) is 32.9. The average Bonchev–Trinajstić information content (AvgIpc) is 3.29. The maximum absolute atomic E-state index is 13.6. The zero-order valence-corrected chi connectivity index (χ0v) is 40.5. The lowest BCUT2D eigenvalue weighted by atomic mass is 9.96. The number of anilines is 1. The first-order valence-corrected chi connectivity index (χ1v) is 25.1. The van der Waals surface area contributed by atoms with Crippen molar-refractivity contribution in [1.82, 2.24) is 26.6 Å². The van der Waals surface area contributed by atoms with Gasteiger partial charge in [0, 0.05) is 31.4 Å². The van der Waals surface area contributed by atoms with Crippen molar-refractivity contribution in [2.75, 3.05) is 17.7 Å². The number of thioether (sulfide) groups is 1. The Morgan fingerprint density at radius 2 is 1.04 bits per heavy atom. The van der Waals surface area contributed by atoms with Gasteiger partial charge in [0.05, 0.1) is 6.42 Å². The van der Waals surface area contributed by atoms with Crippen LogP contribution in [0.1, 0.15) is 134 Å². The molecule has 0 radical (unpaired) electrons. The van der Waals surface area contributed by atoms with Gasteiger partial charge >= 0.3 is 5.97 Å². The summed E-state index contributed by atoms with van der Waals surface area (Å²) in [6.45, 7) is 3.74. The molecule has 17 nitrogen and oxygen atoms in total. The van der Waals surface area contributed by atoms with Gasteiger partial charge in [-0.3, -0.25) is 33.6 Å². The van der Waals surface area contributed by atoms with E-state index in [9.17, 15) is 43.5 Å². The normalized spacial score (nSPS) is 13.7. The minimum absolute atomic E-state index is 0.0387. The maximum Gasteiger partial charge on any atom is 0.326 e. The van der Waals surface area contributed by atoms with Crippen LogP contribution >= 0.6 is 11.8 Å². The van der Waals surface area contributed by atoms with Crippen LogP contribution in [0.3, 0.4) is 0 Å². The third kappa shape index (κ3) is 24.6. The molecule has 6 atom stereocenters. The largest absolute Gasteiger partial charge is 0.480 e. The van der Waals surface area contributed by atoms with Gasteiger partial charge in [-0.2, -0.15) is 11.8 Å². The number of carbonyl (C=O) groups excluding carboxylic acids is 7. The summed E-state index contributed by atoms with van der Waals surface area (Å²) in [5.74, 6) is -4.76. The molecule has 12 N–H and O–H groups in total. The Kier molecular flexibility index (Phi) is 28.2. The molecule has 67 heavy (non-hydrogen) atoms. The molecule has 0 aliphatic heterocycles. The Hall–Kier alpha value is -5.65. The molecule has 0 aromatic heterocycles. The number of primary amides is 2. The van der Waals surface area contributed by atoms with Crippen molar-refractivity contribution >= 4 is 64.8 Å². The van der Waals surface area contributed by atoms with Crippen LogP contribution in [0.2, 0.25) is 0 Å². The van der Waals surface area contributed by atoms with Gasteiger partial charge in [-0.25, -0.2) is 4.79 Å². The van der Waals surface area contributed by atoms with Gasteiger partial charge in [-0.05, 0) is 60.4 Å². The minimum atomic E-state index is -1.27. The zero-order valence-electron chi connectivity index (χ0n) is 39.7. The quantitative estimate of drug-likeness (QED) is 0.0345. The van der Waals surface area contributed by atoms with Crippen molar-refractivity contribution in [3.8, 4) is 0 Å². The summed E-state index contributed by atoms with van der Waals surface area (Å²) in [6, 6.07) is 10.4. The van der Waals surface area contributed by atoms with Crippen LogP contribution in [-0.4, -0.2) is 94.6 Å². The molecule has 2 aromatic rings. The number of nitrogens with one attached hydrogen (secondary N) is 5. The van der Waals surface area contributed by atoms with E-state index in [2.05, 4.69) is 26.6 Å². The monoisotopic (exact) mass is 953 g/mol. The molecule has 0 bridgehead atoms. The molecular weight excluding hydrogens is 877 g/mol. The van der Waals surface area contributed by atoms with E-state index in [0.29, 0.717) is 42.7 Å². The first-order chi connectivity index (χ1) is 32.0. The van der Waals surface area contributed by atoms with Crippen LogP contribution in [0.25, 0.3) is 0 Å². The molecule has 0 saturated heterocycles. The fraction of sp³-hybridized carbons (Fsp3) is 0.592. The SMILES string of the molecule is CC[C@H](C)[C@H](NC(=O)[C@H](CCSC)NC(=O)CCCCCCCCCCCCCCC(=O)N[C@@H](CC(N)=O)C(=O)N[C@@H](Cc1ccccc1)C(=O)O)C(=O)N[C@@H](Cc1ccc(N)cc1)C(N)=O. The van der Waals surface area contributed by atoms with Crippen LogP contribution in [0.4, 0.5) is 5.69 Å². The summed E-state index contributed by atoms with van der Waals surface area (Å²) < 4.78 is 0. The molecule has 0 spiro atoms. The van der Waals surface area contributed by atoms with Crippen molar-refractivity contribution in [1.29, 1.82) is 0 Å². The van der Waals surface area contributed by atoms with Gasteiger partial charge in [0.15, 0.2) is 0 Å². The fourth-order valence-electron chi connectivity index (χ4n) is 7.44. The number of nitrogen functional groups attached to an aromatic ring is 1. The van der Waals surface area contributed by atoms with E-state index in [-0.39, 0.29) is 37.5 Å². The first-order valence-electron chi connectivity index (χ1n) is 23.7. The summed E-state index contributed by atoms with van der Waals surface area (Å²) >= 11 is 1.55. The number of aliphatic carboxylic acids is 1. The molecule has 0 aliphatic carbocycles. The maximum atomic E-state index is 13.6. The van der Waals surface area contributed by atoms with Crippen molar-refractivity contribution in [3.05, 3.63) is 65.7 Å². The number of hydrogen-bond acceptors (Lipinski definition) is 10. The van der Waals surface area contributed by atoms with Crippen LogP contribution in [0, 0.1) is 5.92 Å². The Labute approximate surface area is 400 Å². The molecule has 0 saturated carbocycles. The summed E-state index contributed by atoms with van der Waals surface area (Å²) in [6.07, 6.45) is 14.5. The van der Waals surface area contributed by atoms with Gasteiger partial charge in [0.1, 0.15) is 30.2 Å².